The summed E-state index contributed by atoms with van der Waals surface area (Å²) in [4.78, 5) is 0. The molecule has 0 aliphatic heterocycles. The average Bonchev–Trinajstić information content (AvgIpc) is 2.44. The molecule has 0 aromatic heterocycles. The van der Waals surface area contributed by atoms with Crippen LogP contribution in [0.4, 0.5) is 13.0 Å². The molecular formula is C4H6BF3KO. The maximum absolute atomic E-state index is 12.4. The van der Waals surface area contributed by atoms with Gasteiger partial charge in [0.2, 0.25) is 0 Å². The maximum Gasteiger partial charge on any atom is 0.575 e. The van der Waals surface area contributed by atoms with Crippen LogP contribution in [-0.2, 0) is 0 Å². The molecule has 0 bridgehead atoms. The third-order valence-electron chi connectivity index (χ3n) is 1.66. The quantitative estimate of drug-likeness (QED) is 0.601. The Morgan fingerprint density at radius 2 is 2.10 bits per heavy atom. The minimum Gasteiger partial charge on any atom is -0.396 e. The zero-order valence-corrected chi connectivity index (χ0v) is 8.77. The topological polar surface area (TPSA) is 20.2 Å². The Hall–Kier alpha value is 1.45. The fourth-order valence-electron chi connectivity index (χ4n) is 0.802. The van der Waals surface area contributed by atoms with Gasteiger partial charge in [0.1, 0.15) is 0 Å². The second kappa shape index (κ2) is 3.91. The van der Waals surface area contributed by atoms with E-state index < -0.39 is 25.4 Å². The Kier molecular flexibility index (Phi) is 4.48. The number of halogens is 3. The molecule has 6 heteroatoms. The van der Waals surface area contributed by atoms with Crippen molar-refractivity contribution in [1.82, 2.24) is 0 Å². The van der Waals surface area contributed by atoms with E-state index in [4.69, 9.17) is 5.11 Å². The van der Waals surface area contributed by atoms with Gasteiger partial charge in [-0.3, -0.25) is 8.63 Å². The van der Waals surface area contributed by atoms with E-state index in [1.165, 1.54) is 0 Å². The fraction of sp³-hybridized carbons (Fsp3) is 1.00. The van der Waals surface area contributed by atoms with Gasteiger partial charge in [-0.15, -0.1) is 0 Å². The molecule has 2 atom stereocenters. The summed E-state index contributed by atoms with van der Waals surface area (Å²) in [6.07, 6.45) is -0.193. The van der Waals surface area contributed by atoms with E-state index in [1.807, 2.05) is 0 Å². The Morgan fingerprint density at radius 1 is 1.60 bits per heavy atom. The van der Waals surface area contributed by atoms with Crippen LogP contribution in [0, 0.1) is 5.92 Å². The van der Waals surface area contributed by atoms with Gasteiger partial charge in [-0.2, -0.15) is 0 Å². The summed E-state index contributed by atoms with van der Waals surface area (Å²) in [6.45, 7) is -0.471. The van der Waals surface area contributed by atoms with Crippen LogP contribution in [0.1, 0.15) is 6.42 Å². The minimum absolute atomic E-state index is 0. The molecule has 0 spiro atoms. The normalized spacial score (nSPS) is 36.6. The maximum atomic E-state index is 12.4. The first-order valence-corrected chi connectivity index (χ1v) is 2.69. The van der Waals surface area contributed by atoms with E-state index in [0.29, 0.717) is 0 Å². The second-order valence-electron chi connectivity index (χ2n) is 2.31. The van der Waals surface area contributed by atoms with Crippen molar-refractivity contribution in [3.8, 4) is 0 Å². The standard InChI is InChI=1S/C4H6BF3O.K/c6-4(5(7)8)1-3(4)2-9;/h3,9H,1-2H2;. The average molecular weight is 177 g/mol. The molecule has 0 amide bonds. The zero-order chi connectivity index (χ0) is 7.07. The third-order valence-corrected chi connectivity index (χ3v) is 1.66. The van der Waals surface area contributed by atoms with Crippen LogP contribution in [0.3, 0.4) is 0 Å². The zero-order valence-electron chi connectivity index (χ0n) is 5.65. The van der Waals surface area contributed by atoms with Crippen molar-refractivity contribution in [2.45, 2.75) is 12.0 Å². The van der Waals surface area contributed by atoms with Gasteiger partial charge in [-0.25, -0.2) is 4.39 Å². The van der Waals surface area contributed by atoms with Gasteiger partial charge in [-0.1, -0.05) is 0 Å². The SMILES string of the molecule is OCC1CC1(F)B(F)F.[K]. The summed E-state index contributed by atoms with van der Waals surface area (Å²) in [6, 6.07) is 0. The van der Waals surface area contributed by atoms with Crippen molar-refractivity contribution in [3.05, 3.63) is 0 Å². The molecule has 10 heavy (non-hydrogen) atoms. The second-order valence-corrected chi connectivity index (χ2v) is 2.31. The minimum atomic E-state index is -2.94. The van der Waals surface area contributed by atoms with Crippen LogP contribution >= 0.6 is 0 Å². The molecule has 0 saturated heterocycles. The molecule has 1 aliphatic carbocycles. The number of alkyl halides is 1. The van der Waals surface area contributed by atoms with E-state index in [1.54, 1.807) is 0 Å². The molecule has 0 aromatic carbocycles. The third kappa shape index (κ3) is 1.98. The van der Waals surface area contributed by atoms with E-state index in [2.05, 4.69) is 0 Å². The van der Waals surface area contributed by atoms with Gasteiger partial charge in [0.05, 0.1) is 0 Å². The Labute approximate surface area is 100.0 Å². The van der Waals surface area contributed by atoms with Crippen LogP contribution in [0.5, 0.6) is 0 Å². The molecule has 0 aromatic rings. The van der Waals surface area contributed by atoms with Crippen molar-refractivity contribution in [2.24, 2.45) is 5.92 Å². The van der Waals surface area contributed by atoms with Crippen molar-refractivity contribution in [3.63, 3.8) is 0 Å². The van der Waals surface area contributed by atoms with E-state index in [-0.39, 0.29) is 57.8 Å². The Balaban J connectivity index is 0.000000810. The van der Waals surface area contributed by atoms with Crippen molar-refractivity contribution in [2.75, 3.05) is 6.61 Å². The molecule has 1 aliphatic rings. The fourth-order valence-corrected chi connectivity index (χ4v) is 0.802. The Morgan fingerprint density at radius 3 is 2.20 bits per heavy atom. The van der Waals surface area contributed by atoms with Crippen LogP contribution in [-0.4, -0.2) is 75.9 Å². The summed E-state index contributed by atoms with van der Waals surface area (Å²) < 4.78 is 35.5. The molecule has 1 nitrogen and oxygen atoms in total. The number of aliphatic hydroxyl groups is 1. The van der Waals surface area contributed by atoms with Gasteiger partial charge >= 0.3 is 7.27 Å². The molecule has 2 unspecified atom stereocenters. The van der Waals surface area contributed by atoms with Crippen molar-refractivity contribution < 1.29 is 18.1 Å². The van der Waals surface area contributed by atoms with Crippen molar-refractivity contribution >= 4 is 58.7 Å². The van der Waals surface area contributed by atoms with Gasteiger partial charge < -0.3 is 5.11 Å². The van der Waals surface area contributed by atoms with Gasteiger partial charge in [0.25, 0.3) is 0 Å². The molecule has 1 saturated carbocycles. The van der Waals surface area contributed by atoms with Gasteiger partial charge in [0.15, 0.2) is 5.57 Å². The van der Waals surface area contributed by atoms with Crippen LogP contribution in [0.2, 0.25) is 0 Å². The molecule has 53 valence electrons. The molecule has 1 radical (unpaired) electrons. The molecule has 1 rings (SSSR count). The predicted molar refractivity (Wildman–Crippen MR) is 32.8 cm³/mol. The van der Waals surface area contributed by atoms with Gasteiger partial charge in [-0.05, 0) is 6.42 Å². The van der Waals surface area contributed by atoms with E-state index in [0.717, 1.165) is 0 Å². The molecule has 0 heterocycles. The van der Waals surface area contributed by atoms with Gasteiger partial charge in [0, 0.05) is 63.9 Å². The number of aliphatic hydroxyl groups excluding tert-OH is 1. The monoisotopic (exact) mass is 177 g/mol. The number of hydrogen-bond acceptors (Lipinski definition) is 1. The number of rotatable bonds is 2. The van der Waals surface area contributed by atoms with E-state index >= 15 is 0 Å². The largest absolute Gasteiger partial charge is 0.575 e. The van der Waals surface area contributed by atoms with Crippen molar-refractivity contribution in [1.29, 1.82) is 0 Å². The molecular weight excluding hydrogens is 171 g/mol. The summed E-state index contributed by atoms with van der Waals surface area (Å²) in [5.74, 6) is -0.822. The van der Waals surface area contributed by atoms with E-state index in [9.17, 15) is 13.0 Å². The first-order chi connectivity index (χ1) is 4.11. The summed E-state index contributed by atoms with van der Waals surface area (Å²) in [5.41, 5.74) is -2.37. The van der Waals surface area contributed by atoms with Crippen LogP contribution in [0.15, 0.2) is 0 Å². The molecule has 1 N–H and O–H groups in total. The summed E-state index contributed by atoms with van der Waals surface area (Å²) in [5, 5.41) is 8.22. The summed E-state index contributed by atoms with van der Waals surface area (Å²) >= 11 is 0. The summed E-state index contributed by atoms with van der Waals surface area (Å²) in [7, 11) is -2.94. The van der Waals surface area contributed by atoms with Crippen LogP contribution < -0.4 is 0 Å². The first-order valence-electron chi connectivity index (χ1n) is 2.69. The first kappa shape index (κ1) is 11.5. The number of hydrogen-bond donors (Lipinski definition) is 1. The smallest absolute Gasteiger partial charge is 0.396 e. The Bertz CT molecular complexity index is 125. The molecule has 1 fully saturated rings. The van der Waals surface area contributed by atoms with Crippen LogP contribution in [0.25, 0.3) is 0 Å². The predicted octanol–water partition coefficient (Wildman–Crippen LogP) is 0.292.